The van der Waals surface area contributed by atoms with E-state index in [1.807, 2.05) is 6.92 Å². The predicted molar refractivity (Wildman–Crippen MR) is 122 cm³/mol. The third-order valence-corrected chi connectivity index (χ3v) is 6.70. The lowest BCUT2D eigenvalue weighted by atomic mass is 10.2. The van der Waals surface area contributed by atoms with E-state index in [1.165, 1.54) is 18.2 Å². The Morgan fingerprint density at radius 3 is 2.27 bits per heavy atom. The minimum absolute atomic E-state index is 0.0471. The Balaban J connectivity index is 1.99. The number of nitrogens with zero attached hydrogens (tertiary/aromatic N) is 1. The molecule has 7 heteroatoms. The van der Waals surface area contributed by atoms with Crippen LogP contribution in [0.1, 0.15) is 11.1 Å². The van der Waals surface area contributed by atoms with Crippen molar-refractivity contribution in [1.29, 1.82) is 0 Å². The van der Waals surface area contributed by atoms with Crippen LogP contribution in [0.2, 0.25) is 0 Å². The first-order chi connectivity index (χ1) is 14.3. The number of hydrogen-bond acceptors (Lipinski definition) is 4. The first-order valence-electron chi connectivity index (χ1n) is 9.05. The molecule has 0 aromatic heterocycles. The molecule has 5 nitrogen and oxygen atoms in total. The van der Waals surface area contributed by atoms with Gasteiger partial charge in [-0.3, -0.25) is 4.79 Å². The summed E-state index contributed by atoms with van der Waals surface area (Å²) in [5.41, 5.74) is 1.91. The highest BCUT2D eigenvalue weighted by molar-refractivity contribution is 9.10. The molecule has 0 unspecified atom stereocenters. The molecular weight excluding hydrogens is 466 g/mol. The molecule has 0 heterocycles. The molecule has 0 saturated heterocycles. The van der Waals surface area contributed by atoms with Crippen molar-refractivity contribution >= 4 is 43.6 Å². The largest absolute Gasteiger partial charge is 0.496 e. The molecule has 0 aliphatic rings. The maximum atomic E-state index is 13.3. The average Bonchev–Trinajstić information content (AvgIpc) is 2.73. The number of aryl methyl sites for hydroxylation is 1. The minimum atomic E-state index is -4.09. The predicted octanol–water partition coefficient (Wildman–Crippen LogP) is 5.20. The zero-order valence-electron chi connectivity index (χ0n) is 16.4. The van der Waals surface area contributed by atoms with Gasteiger partial charge in [0.05, 0.1) is 22.2 Å². The van der Waals surface area contributed by atoms with E-state index in [-0.39, 0.29) is 10.6 Å². The van der Waals surface area contributed by atoms with Crippen molar-refractivity contribution in [1.82, 2.24) is 0 Å². The normalized spacial score (nSPS) is 11.4. The van der Waals surface area contributed by atoms with E-state index >= 15 is 0 Å². The van der Waals surface area contributed by atoms with E-state index in [4.69, 9.17) is 4.74 Å². The lowest BCUT2D eigenvalue weighted by Crippen LogP contribution is -2.35. The second kappa shape index (κ2) is 9.28. The summed E-state index contributed by atoms with van der Waals surface area (Å²) in [6.07, 6.45) is 2.81. The molecule has 1 amide bonds. The van der Waals surface area contributed by atoms with E-state index in [2.05, 4.69) is 15.9 Å². The highest BCUT2D eigenvalue weighted by Crippen LogP contribution is 2.27. The fraction of sp³-hybridized carbons (Fsp3) is 0.0870. The Morgan fingerprint density at radius 1 is 1.00 bits per heavy atom. The molecule has 0 bridgehead atoms. The fourth-order valence-electron chi connectivity index (χ4n) is 2.79. The third-order valence-electron chi connectivity index (χ3n) is 4.34. The summed E-state index contributed by atoms with van der Waals surface area (Å²) < 4.78 is 33.3. The van der Waals surface area contributed by atoms with Crippen LogP contribution < -0.4 is 9.04 Å². The van der Waals surface area contributed by atoms with Gasteiger partial charge in [0.15, 0.2) is 0 Å². The number of methoxy groups -OCH3 is 1. The van der Waals surface area contributed by atoms with Crippen LogP contribution in [0.3, 0.4) is 0 Å². The van der Waals surface area contributed by atoms with Crippen molar-refractivity contribution in [3.05, 3.63) is 94.5 Å². The molecule has 0 aliphatic heterocycles. The smallest absolute Gasteiger partial charge is 0.271 e. The van der Waals surface area contributed by atoms with Gasteiger partial charge in [-0.05, 0) is 70.9 Å². The van der Waals surface area contributed by atoms with Crippen molar-refractivity contribution in [3.8, 4) is 5.75 Å². The summed E-state index contributed by atoms with van der Waals surface area (Å²) in [5, 5.41) is 0. The van der Waals surface area contributed by atoms with E-state index in [0.717, 1.165) is 19.9 Å². The van der Waals surface area contributed by atoms with Gasteiger partial charge in [0, 0.05) is 6.08 Å². The van der Waals surface area contributed by atoms with E-state index in [9.17, 15) is 13.2 Å². The number of halogens is 1. The van der Waals surface area contributed by atoms with Crippen molar-refractivity contribution in [2.45, 2.75) is 11.8 Å². The number of carbonyl (C=O) groups is 1. The molecular formula is C23H20BrNO4S. The first-order valence-corrected chi connectivity index (χ1v) is 11.3. The summed E-state index contributed by atoms with van der Waals surface area (Å²) in [6, 6.07) is 20.0. The number of amides is 1. The quantitative estimate of drug-likeness (QED) is 0.450. The van der Waals surface area contributed by atoms with Crippen LogP contribution in [0.5, 0.6) is 5.75 Å². The highest BCUT2D eigenvalue weighted by atomic mass is 79.9. The second-order valence-corrected chi connectivity index (χ2v) is 9.12. The Labute approximate surface area is 184 Å². The number of anilines is 1. The minimum Gasteiger partial charge on any atom is -0.496 e. The van der Waals surface area contributed by atoms with Gasteiger partial charge < -0.3 is 4.74 Å². The van der Waals surface area contributed by atoms with Gasteiger partial charge in [-0.25, -0.2) is 8.42 Å². The van der Waals surface area contributed by atoms with Crippen molar-refractivity contribution < 1.29 is 17.9 Å². The SMILES string of the molecule is COc1ccc(/C=C/C(=O)N(c2ccccc2)S(=O)(=O)c2ccc(C)cc2)cc1Br. The molecule has 0 aliphatic carbocycles. The third kappa shape index (κ3) is 4.80. The van der Waals surface area contributed by atoms with Crippen LogP contribution in [0.25, 0.3) is 6.08 Å². The zero-order valence-corrected chi connectivity index (χ0v) is 18.9. The Kier molecular flexibility index (Phi) is 6.74. The van der Waals surface area contributed by atoms with Crippen molar-refractivity contribution in [2.75, 3.05) is 11.4 Å². The summed E-state index contributed by atoms with van der Waals surface area (Å²) >= 11 is 3.40. The Hall–Kier alpha value is -2.90. The number of carbonyl (C=O) groups excluding carboxylic acids is 1. The summed E-state index contributed by atoms with van der Waals surface area (Å²) in [4.78, 5) is 13.1. The van der Waals surface area contributed by atoms with Gasteiger partial charge in [0.1, 0.15) is 5.75 Å². The molecule has 0 N–H and O–H groups in total. The van der Waals surface area contributed by atoms with Gasteiger partial charge in [-0.1, -0.05) is 42.0 Å². The maximum absolute atomic E-state index is 13.3. The zero-order chi connectivity index (χ0) is 21.7. The monoisotopic (exact) mass is 485 g/mol. The van der Waals surface area contributed by atoms with Crippen molar-refractivity contribution in [2.24, 2.45) is 0 Å². The van der Waals surface area contributed by atoms with E-state index in [0.29, 0.717) is 5.75 Å². The molecule has 0 radical (unpaired) electrons. The summed E-state index contributed by atoms with van der Waals surface area (Å²) in [7, 11) is -2.53. The fourth-order valence-corrected chi connectivity index (χ4v) is 4.73. The average molecular weight is 486 g/mol. The highest BCUT2D eigenvalue weighted by Gasteiger charge is 2.29. The van der Waals surface area contributed by atoms with Crippen LogP contribution in [-0.4, -0.2) is 21.4 Å². The number of ether oxygens (including phenoxy) is 1. The summed E-state index contributed by atoms with van der Waals surface area (Å²) in [5.74, 6) is -0.0138. The molecule has 0 fully saturated rings. The van der Waals surface area contributed by atoms with Crippen LogP contribution in [0, 0.1) is 6.92 Å². The van der Waals surface area contributed by atoms with E-state index in [1.54, 1.807) is 73.8 Å². The molecule has 154 valence electrons. The molecule has 0 atom stereocenters. The second-order valence-electron chi connectivity index (χ2n) is 6.48. The maximum Gasteiger partial charge on any atom is 0.271 e. The van der Waals surface area contributed by atoms with Gasteiger partial charge in [0.2, 0.25) is 0 Å². The molecule has 30 heavy (non-hydrogen) atoms. The molecule has 3 rings (SSSR count). The number of hydrogen-bond donors (Lipinski definition) is 0. The number of para-hydroxylation sites is 1. The topological polar surface area (TPSA) is 63.7 Å². The van der Waals surface area contributed by atoms with E-state index < -0.39 is 15.9 Å². The van der Waals surface area contributed by atoms with Gasteiger partial charge in [-0.2, -0.15) is 4.31 Å². The van der Waals surface area contributed by atoms with Gasteiger partial charge in [0.25, 0.3) is 15.9 Å². The number of benzene rings is 3. The van der Waals surface area contributed by atoms with Crippen molar-refractivity contribution in [3.63, 3.8) is 0 Å². The molecule has 3 aromatic rings. The van der Waals surface area contributed by atoms with Crippen LogP contribution >= 0.6 is 15.9 Å². The first kappa shape index (κ1) is 21.8. The van der Waals surface area contributed by atoms with Crippen LogP contribution in [0.15, 0.2) is 88.2 Å². The molecule has 0 spiro atoms. The lowest BCUT2D eigenvalue weighted by molar-refractivity contribution is -0.113. The number of rotatable bonds is 6. The Bertz CT molecular complexity index is 1170. The molecule has 0 saturated carbocycles. The summed E-state index contributed by atoms with van der Waals surface area (Å²) in [6.45, 7) is 1.87. The standard InChI is InChI=1S/C23H20BrNO4S/c1-17-8-12-20(13-9-17)30(27,28)25(19-6-4-3-5-7-19)23(26)15-11-18-10-14-22(29-2)21(24)16-18/h3-16H,1-2H3/b15-11+. The van der Waals surface area contributed by atoms with Gasteiger partial charge in [-0.15, -0.1) is 0 Å². The Morgan fingerprint density at radius 2 is 1.67 bits per heavy atom. The van der Waals surface area contributed by atoms with Gasteiger partial charge >= 0.3 is 0 Å². The molecule has 3 aromatic carbocycles. The van der Waals surface area contributed by atoms with Crippen LogP contribution in [-0.2, 0) is 14.8 Å². The lowest BCUT2D eigenvalue weighted by Gasteiger charge is -2.21. The number of sulfonamides is 1. The van der Waals surface area contributed by atoms with Crippen LogP contribution in [0.4, 0.5) is 5.69 Å².